The maximum Gasteiger partial charge on any atom is 0.333 e. The number of ether oxygens (including phenoxy) is 2. The lowest BCUT2D eigenvalue weighted by atomic mass is 10.2. The Balaban J connectivity index is 2.00. The number of methoxy groups -OCH3 is 1. The van der Waals surface area contributed by atoms with Crippen molar-refractivity contribution in [1.29, 1.82) is 0 Å². The summed E-state index contributed by atoms with van der Waals surface area (Å²) in [6.45, 7) is 0.989. The zero-order valence-electron chi connectivity index (χ0n) is 11.6. The minimum absolute atomic E-state index is 0.265. The van der Waals surface area contributed by atoms with E-state index in [1.165, 1.54) is 7.11 Å². The Labute approximate surface area is 117 Å². The quantitative estimate of drug-likeness (QED) is 0.357. The van der Waals surface area contributed by atoms with Crippen molar-refractivity contribution in [2.24, 2.45) is 0 Å². The number of amides is 3. The van der Waals surface area contributed by atoms with E-state index in [1.54, 1.807) is 0 Å². The van der Waals surface area contributed by atoms with Crippen LogP contribution < -0.4 is 16.2 Å². The molecule has 0 aromatic carbocycles. The van der Waals surface area contributed by atoms with Crippen LogP contribution in [0, 0.1) is 0 Å². The van der Waals surface area contributed by atoms with Crippen LogP contribution in [0.25, 0.3) is 0 Å². The third-order valence-electron chi connectivity index (χ3n) is 2.84. The molecule has 3 N–H and O–H groups in total. The summed E-state index contributed by atoms with van der Waals surface area (Å²) in [6, 6.07) is -0.491. The third-order valence-corrected chi connectivity index (χ3v) is 2.84. The number of esters is 1. The average Bonchev–Trinajstić information content (AvgIpc) is 2.98. The SMILES string of the molecule is COC(=O)CCCCNC(=O)NNC(=O)C1CCCO1. The lowest BCUT2D eigenvalue weighted by molar-refractivity contribution is -0.140. The molecule has 1 fully saturated rings. The van der Waals surface area contributed by atoms with Gasteiger partial charge in [-0.25, -0.2) is 10.2 Å². The second-order valence-corrected chi connectivity index (χ2v) is 4.41. The number of carbonyl (C=O) groups is 3. The van der Waals surface area contributed by atoms with Crippen LogP contribution in [-0.2, 0) is 19.1 Å². The molecule has 0 bridgehead atoms. The zero-order chi connectivity index (χ0) is 14.8. The predicted molar refractivity (Wildman–Crippen MR) is 69.5 cm³/mol. The molecule has 0 aliphatic carbocycles. The first-order chi connectivity index (χ1) is 9.63. The van der Waals surface area contributed by atoms with E-state index >= 15 is 0 Å². The fourth-order valence-corrected chi connectivity index (χ4v) is 1.73. The summed E-state index contributed by atoms with van der Waals surface area (Å²) in [5.74, 6) is -0.610. The Hall–Kier alpha value is -1.83. The van der Waals surface area contributed by atoms with Crippen molar-refractivity contribution in [2.75, 3.05) is 20.3 Å². The Morgan fingerprint density at radius 3 is 2.70 bits per heavy atom. The number of hydrogen-bond donors (Lipinski definition) is 3. The molecular weight excluding hydrogens is 266 g/mol. The second-order valence-electron chi connectivity index (χ2n) is 4.41. The molecule has 0 radical (unpaired) electrons. The smallest absolute Gasteiger partial charge is 0.333 e. The molecule has 0 spiro atoms. The molecule has 0 saturated carbocycles. The third kappa shape index (κ3) is 6.37. The molecule has 1 atom stereocenters. The van der Waals surface area contributed by atoms with Gasteiger partial charge in [-0.05, 0) is 25.7 Å². The topological polar surface area (TPSA) is 106 Å². The second kappa shape index (κ2) is 9.13. The number of hydrazine groups is 1. The molecule has 3 amide bonds. The zero-order valence-corrected chi connectivity index (χ0v) is 11.6. The van der Waals surface area contributed by atoms with Gasteiger partial charge in [0.2, 0.25) is 0 Å². The van der Waals surface area contributed by atoms with Gasteiger partial charge in [0.15, 0.2) is 0 Å². The molecular formula is C12H21N3O5. The van der Waals surface area contributed by atoms with Crippen molar-refractivity contribution in [3.63, 3.8) is 0 Å². The fourth-order valence-electron chi connectivity index (χ4n) is 1.73. The van der Waals surface area contributed by atoms with Crippen molar-refractivity contribution < 1.29 is 23.9 Å². The van der Waals surface area contributed by atoms with Crippen molar-refractivity contribution in [1.82, 2.24) is 16.2 Å². The number of unbranched alkanes of at least 4 members (excludes halogenated alkanes) is 1. The molecule has 1 saturated heterocycles. The van der Waals surface area contributed by atoms with Gasteiger partial charge in [0.05, 0.1) is 7.11 Å². The summed E-state index contributed by atoms with van der Waals surface area (Å²) in [5.41, 5.74) is 4.54. The van der Waals surface area contributed by atoms with Crippen LogP contribution >= 0.6 is 0 Å². The normalized spacial score (nSPS) is 17.4. The van der Waals surface area contributed by atoms with E-state index < -0.39 is 12.1 Å². The van der Waals surface area contributed by atoms with Crippen LogP contribution in [0.4, 0.5) is 4.79 Å². The van der Waals surface area contributed by atoms with E-state index in [0.29, 0.717) is 38.8 Å². The summed E-state index contributed by atoms with van der Waals surface area (Å²) in [5, 5.41) is 2.56. The van der Waals surface area contributed by atoms with Crippen molar-refractivity contribution in [3.05, 3.63) is 0 Å². The average molecular weight is 287 g/mol. The lowest BCUT2D eigenvalue weighted by Gasteiger charge is -2.12. The summed E-state index contributed by atoms with van der Waals surface area (Å²) in [6.07, 6.45) is 2.66. The molecule has 20 heavy (non-hydrogen) atoms. The minimum atomic E-state index is -0.491. The number of nitrogens with one attached hydrogen (secondary N) is 3. The first-order valence-corrected chi connectivity index (χ1v) is 6.65. The molecule has 114 valence electrons. The molecule has 1 aliphatic heterocycles. The van der Waals surface area contributed by atoms with Gasteiger partial charge in [0.1, 0.15) is 6.10 Å². The summed E-state index contributed by atoms with van der Waals surface area (Å²) in [4.78, 5) is 33.7. The van der Waals surface area contributed by atoms with E-state index in [-0.39, 0.29) is 11.9 Å². The van der Waals surface area contributed by atoms with E-state index in [0.717, 1.165) is 6.42 Å². The van der Waals surface area contributed by atoms with Crippen LogP contribution in [0.2, 0.25) is 0 Å². The first kappa shape index (κ1) is 16.2. The number of carbonyl (C=O) groups excluding carboxylic acids is 3. The molecule has 1 aliphatic rings. The van der Waals surface area contributed by atoms with Gasteiger partial charge in [0.25, 0.3) is 5.91 Å². The molecule has 1 rings (SSSR count). The molecule has 1 heterocycles. The van der Waals surface area contributed by atoms with Crippen molar-refractivity contribution in [3.8, 4) is 0 Å². The highest BCUT2D eigenvalue weighted by atomic mass is 16.5. The monoisotopic (exact) mass is 287 g/mol. The Morgan fingerprint density at radius 1 is 1.25 bits per heavy atom. The van der Waals surface area contributed by atoms with Crippen LogP contribution in [0.5, 0.6) is 0 Å². The largest absolute Gasteiger partial charge is 0.469 e. The molecule has 1 unspecified atom stereocenters. The van der Waals surface area contributed by atoms with Crippen molar-refractivity contribution in [2.45, 2.75) is 38.2 Å². The predicted octanol–water partition coefficient (Wildman–Crippen LogP) is -0.161. The molecule has 8 heteroatoms. The Morgan fingerprint density at radius 2 is 2.05 bits per heavy atom. The van der Waals surface area contributed by atoms with Gasteiger partial charge in [-0.3, -0.25) is 15.0 Å². The molecule has 0 aromatic heterocycles. The van der Waals surface area contributed by atoms with Gasteiger partial charge >= 0.3 is 12.0 Å². The van der Waals surface area contributed by atoms with Gasteiger partial charge < -0.3 is 14.8 Å². The number of rotatable bonds is 6. The van der Waals surface area contributed by atoms with Gasteiger partial charge in [0, 0.05) is 19.6 Å². The number of hydrogen-bond acceptors (Lipinski definition) is 5. The van der Waals surface area contributed by atoms with E-state index in [4.69, 9.17) is 4.74 Å². The highest BCUT2D eigenvalue weighted by molar-refractivity contribution is 5.84. The standard InChI is InChI=1S/C12H21N3O5/c1-19-10(16)6-2-3-7-13-12(18)15-14-11(17)9-5-4-8-20-9/h9H,2-8H2,1H3,(H,14,17)(H2,13,15,18). The molecule has 8 nitrogen and oxygen atoms in total. The van der Waals surface area contributed by atoms with Gasteiger partial charge in [-0.2, -0.15) is 0 Å². The Kier molecular flexibility index (Phi) is 7.41. The Bertz CT molecular complexity index is 342. The minimum Gasteiger partial charge on any atom is -0.469 e. The summed E-state index contributed by atoms with van der Waals surface area (Å²) >= 11 is 0. The lowest BCUT2D eigenvalue weighted by Crippen LogP contribution is -2.50. The molecule has 0 aromatic rings. The number of urea groups is 1. The first-order valence-electron chi connectivity index (χ1n) is 6.65. The van der Waals surface area contributed by atoms with Gasteiger partial charge in [-0.15, -0.1) is 0 Å². The van der Waals surface area contributed by atoms with E-state index in [1.807, 2.05) is 0 Å². The van der Waals surface area contributed by atoms with Crippen molar-refractivity contribution >= 4 is 17.9 Å². The highest BCUT2D eigenvalue weighted by Crippen LogP contribution is 2.11. The summed E-state index contributed by atoms with van der Waals surface area (Å²) in [7, 11) is 1.34. The van der Waals surface area contributed by atoms with Gasteiger partial charge in [-0.1, -0.05) is 0 Å². The maximum atomic E-state index is 11.5. The summed E-state index contributed by atoms with van der Waals surface area (Å²) < 4.78 is 9.66. The fraction of sp³-hybridized carbons (Fsp3) is 0.750. The highest BCUT2D eigenvalue weighted by Gasteiger charge is 2.23. The van der Waals surface area contributed by atoms with Crippen LogP contribution in [0.15, 0.2) is 0 Å². The van der Waals surface area contributed by atoms with Crippen LogP contribution in [0.3, 0.4) is 0 Å². The van der Waals surface area contributed by atoms with Crippen LogP contribution in [0.1, 0.15) is 32.1 Å². The maximum absolute atomic E-state index is 11.5. The van der Waals surface area contributed by atoms with E-state index in [2.05, 4.69) is 20.9 Å². The van der Waals surface area contributed by atoms with Crippen LogP contribution in [-0.4, -0.2) is 44.3 Å². The van der Waals surface area contributed by atoms with E-state index in [9.17, 15) is 14.4 Å².